The predicted molar refractivity (Wildman–Crippen MR) is 139 cm³/mol. The molecule has 0 bridgehead atoms. The van der Waals surface area contributed by atoms with Crippen molar-refractivity contribution >= 4 is 23.0 Å². The molecule has 10 nitrogen and oxygen atoms in total. The van der Waals surface area contributed by atoms with E-state index in [1.54, 1.807) is 17.7 Å². The number of methoxy groups -OCH3 is 1. The Labute approximate surface area is 211 Å². The minimum Gasteiger partial charge on any atom is -0.493 e. The first-order valence-corrected chi connectivity index (χ1v) is 12.3. The summed E-state index contributed by atoms with van der Waals surface area (Å²) in [6.45, 7) is 11.7. The third-order valence-corrected chi connectivity index (χ3v) is 5.77. The minimum atomic E-state index is -0.597. The van der Waals surface area contributed by atoms with E-state index in [2.05, 4.69) is 38.2 Å². The minimum absolute atomic E-state index is 0.0153. The van der Waals surface area contributed by atoms with E-state index < -0.39 is 5.83 Å². The number of fused-ring (bicyclic) bond motifs is 1. The van der Waals surface area contributed by atoms with Crippen molar-refractivity contribution in [1.29, 1.82) is 5.26 Å². The number of imidazole rings is 1. The molecule has 36 heavy (non-hydrogen) atoms. The number of hydrogen-bond acceptors (Lipinski definition) is 8. The van der Waals surface area contributed by atoms with Crippen LogP contribution in [0.1, 0.15) is 38.8 Å². The van der Waals surface area contributed by atoms with Crippen LogP contribution in [0, 0.1) is 11.3 Å². The summed E-state index contributed by atoms with van der Waals surface area (Å²) < 4.78 is 27.7. The molecule has 1 atom stereocenters. The SMILES string of the molecule is C=C/C(F)=C(\NC(CC#N)=NC1CCCNC1)c1cnc2cc(OC)c(N3CCOCC3)nn12.CC. The van der Waals surface area contributed by atoms with Gasteiger partial charge in [-0.05, 0) is 25.5 Å². The van der Waals surface area contributed by atoms with E-state index in [1.807, 2.05) is 13.8 Å². The summed E-state index contributed by atoms with van der Waals surface area (Å²) in [7, 11) is 1.58. The summed E-state index contributed by atoms with van der Waals surface area (Å²) in [5.41, 5.74) is 0.984. The number of aromatic nitrogens is 3. The summed E-state index contributed by atoms with van der Waals surface area (Å²) in [4.78, 5) is 11.2. The Morgan fingerprint density at radius 2 is 2.22 bits per heavy atom. The van der Waals surface area contributed by atoms with Crippen LogP contribution in [0.25, 0.3) is 11.3 Å². The van der Waals surface area contributed by atoms with Crippen LogP contribution in [0.2, 0.25) is 0 Å². The van der Waals surface area contributed by atoms with Gasteiger partial charge in [0.1, 0.15) is 23.1 Å². The Hall–Kier alpha value is -3.49. The van der Waals surface area contributed by atoms with E-state index in [-0.39, 0.29) is 18.2 Å². The fourth-order valence-corrected chi connectivity index (χ4v) is 4.06. The summed E-state index contributed by atoms with van der Waals surface area (Å²) >= 11 is 0. The van der Waals surface area contributed by atoms with Gasteiger partial charge in [-0.1, -0.05) is 20.4 Å². The van der Waals surface area contributed by atoms with Gasteiger partial charge in [-0.15, -0.1) is 5.10 Å². The highest BCUT2D eigenvalue weighted by atomic mass is 19.1. The van der Waals surface area contributed by atoms with Gasteiger partial charge in [0, 0.05) is 25.7 Å². The van der Waals surface area contributed by atoms with Crippen LogP contribution in [0.5, 0.6) is 5.75 Å². The number of ether oxygens (including phenoxy) is 2. The second-order valence-electron chi connectivity index (χ2n) is 8.01. The lowest BCUT2D eigenvalue weighted by molar-refractivity contribution is 0.122. The first kappa shape index (κ1) is 27.1. The first-order chi connectivity index (χ1) is 17.6. The van der Waals surface area contributed by atoms with Crippen molar-refractivity contribution in [1.82, 2.24) is 25.2 Å². The van der Waals surface area contributed by atoms with Crippen LogP contribution in [0.4, 0.5) is 10.2 Å². The zero-order valence-electron chi connectivity index (χ0n) is 21.3. The highest BCUT2D eigenvalue weighted by Gasteiger charge is 2.22. The molecule has 2 aromatic heterocycles. The lowest BCUT2D eigenvalue weighted by Gasteiger charge is -2.28. The van der Waals surface area contributed by atoms with Gasteiger partial charge in [-0.25, -0.2) is 13.9 Å². The van der Waals surface area contributed by atoms with Crippen molar-refractivity contribution in [3.05, 3.63) is 36.4 Å². The molecule has 0 radical (unpaired) electrons. The summed E-state index contributed by atoms with van der Waals surface area (Å²) in [6, 6.07) is 3.90. The molecule has 0 saturated carbocycles. The normalized spacial score (nSPS) is 19.0. The molecule has 2 fully saturated rings. The Morgan fingerprint density at radius 3 is 2.86 bits per heavy atom. The van der Waals surface area contributed by atoms with Gasteiger partial charge < -0.3 is 25.0 Å². The highest BCUT2D eigenvalue weighted by molar-refractivity contribution is 5.92. The van der Waals surface area contributed by atoms with Crippen molar-refractivity contribution in [3.8, 4) is 11.8 Å². The summed E-state index contributed by atoms with van der Waals surface area (Å²) in [5, 5.41) is 20.4. The maximum absolute atomic E-state index is 15.1. The molecule has 2 N–H and O–H groups in total. The van der Waals surface area contributed by atoms with Crippen molar-refractivity contribution in [2.24, 2.45) is 4.99 Å². The smallest absolute Gasteiger partial charge is 0.192 e. The zero-order chi connectivity index (χ0) is 25.9. The lowest BCUT2D eigenvalue weighted by Crippen LogP contribution is -2.37. The third kappa shape index (κ3) is 6.38. The predicted octanol–water partition coefficient (Wildman–Crippen LogP) is 3.08. The van der Waals surface area contributed by atoms with Crippen LogP contribution in [-0.4, -0.2) is 73.0 Å². The van der Waals surface area contributed by atoms with Gasteiger partial charge in [0.25, 0.3) is 0 Å². The topological polar surface area (TPSA) is 112 Å². The van der Waals surface area contributed by atoms with E-state index in [0.29, 0.717) is 55.0 Å². The maximum Gasteiger partial charge on any atom is 0.192 e. The number of morpholine rings is 1. The number of amidine groups is 1. The number of rotatable bonds is 7. The molecular formula is C25H35FN8O2. The van der Waals surface area contributed by atoms with E-state index in [0.717, 1.165) is 32.0 Å². The van der Waals surface area contributed by atoms with Gasteiger partial charge in [-0.3, -0.25) is 4.99 Å². The second-order valence-corrected chi connectivity index (χ2v) is 8.01. The Balaban J connectivity index is 0.00000176. The van der Waals surface area contributed by atoms with Crippen LogP contribution in [0.3, 0.4) is 0 Å². The molecule has 2 aliphatic rings. The molecule has 11 heteroatoms. The molecule has 194 valence electrons. The van der Waals surface area contributed by atoms with Gasteiger partial charge in [0.2, 0.25) is 0 Å². The number of nitrogens with zero attached hydrogens (tertiary/aromatic N) is 6. The summed E-state index contributed by atoms with van der Waals surface area (Å²) in [5.74, 6) is 0.987. The van der Waals surface area contributed by atoms with Crippen LogP contribution < -0.4 is 20.3 Å². The van der Waals surface area contributed by atoms with E-state index in [1.165, 1.54) is 6.20 Å². The number of nitriles is 1. The number of hydrogen-bond donors (Lipinski definition) is 2. The number of nitrogens with one attached hydrogen (secondary N) is 2. The summed E-state index contributed by atoms with van der Waals surface area (Å²) in [6.07, 6.45) is 4.57. The highest BCUT2D eigenvalue weighted by Crippen LogP contribution is 2.29. The van der Waals surface area contributed by atoms with Crippen LogP contribution in [0.15, 0.2) is 35.7 Å². The Bertz CT molecular complexity index is 1130. The Morgan fingerprint density at radius 1 is 1.44 bits per heavy atom. The number of aliphatic imine (C=N–C) groups is 1. The molecule has 4 heterocycles. The number of halogens is 1. The number of allylic oxidation sites excluding steroid dienone is 2. The van der Waals surface area contributed by atoms with Gasteiger partial charge >= 0.3 is 0 Å². The molecule has 2 aromatic rings. The van der Waals surface area contributed by atoms with E-state index >= 15 is 4.39 Å². The first-order valence-electron chi connectivity index (χ1n) is 12.3. The van der Waals surface area contributed by atoms with Crippen molar-refractivity contribution < 1.29 is 13.9 Å². The standard InChI is InChI=1S/C23H29FN8O2.C2H6/c1-3-17(24)22(29-20(6-7-25)28-16-5-4-8-26-14-16)18-15-27-21-13-19(33-2)23(30-32(18)21)31-9-11-34-12-10-31;1-2/h3,13,15-16,26H,1,4-6,8-12,14H2,2H3,(H,28,29);1-2H3/b22-17+;. The van der Waals surface area contributed by atoms with Gasteiger partial charge in [-0.2, -0.15) is 5.26 Å². The number of anilines is 1. The monoisotopic (exact) mass is 498 g/mol. The van der Waals surface area contributed by atoms with Crippen LogP contribution in [-0.2, 0) is 4.74 Å². The van der Waals surface area contributed by atoms with Gasteiger partial charge in [0.05, 0.1) is 45.1 Å². The molecule has 0 amide bonds. The molecule has 2 aliphatic heterocycles. The maximum atomic E-state index is 15.1. The Kier molecular flexibility index (Phi) is 10.2. The molecule has 0 spiro atoms. The average Bonchev–Trinajstić information content (AvgIpc) is 3.35. The number of piperidine rings is 1. The largest absolute Gasteiger partial charge is 0.493 e. The van der Waals surface area contributed by atoms with Crippen molar-refractivity contribution in [2.75, 3.05) is 51.4 Å². The molecule has 4 rings (SSSR count). The van der Waals surface area contributed by atoms with E-state index in [9.17, 15) is 5.26 Å². The fourth-order valence-electron chi connectivity index (χ4n) is 4.06. The molecule has 1 unspecified atom stereocenters. The molecular weight excluding hydrogens is 463 g/mol. The molecule has 2 saturated heterocycles. The van der Waals surface area contributed by atoms with Crippen molar-refractivity contribution in [2.45, 2.75) is 39.2 Å². The van der Waals surface area contributed by atoms with Gasteiger partial charge in [0.15, 0.2) is 17.2 Å². The fraction of sp³-hybridized carbons (Fsp3) is 0.520. The molecule has 0 aromatic carbocycles. The third-order valence-electron chi connectivity index (χ3n) is 5.77. The van der Waals surface area contributed by atoms with Crippen LogP contribution >= 0.6 is 0 Å². The second kappa shape index (κ2) is 13.6. The quantitative estimate of drug-likeness (QED) is 0.340. The molecule has 0 aliphatic carbocycles. The average molecular weight is 499 g/mol. The zero-order valence-corrected chi connectivity index (χ0v) is 21.3. The van der Waals surface area contributed by atoms with Crippen molar-refractivity contribution in [3.63, 3.8) is 0 Å². The lowest BCUT2D eigenvalue weighted by atomic mass is 10.1. The van der Waals surface area contributed by atoms with E-state index in [4.69, 9.17) is 14.6 Å².